The first kappa shape index (κ1) is 15.3. The topological polar surface area (TPSA) is 76.7 Å². The summed E-state index contributed by atoms with van der Waals surface area (Å²) in [5.41, 5.74) is 1.51. The van der Waals surface area contributed by atoms with Gasteiger partial charge >= 0.3 is 0 Å². The number of hydrogen-bond acceptors (Lipinski definition) is 4. The van der Waals surface area contributed by atoms with Gasteiger partial charge in [-0.05, 0) is 38.5 Å². The van der Waals surface area contributed by atoms with Gasteiger partial charge < -0.3 is 20.1 Å². The van der Waals surface area contributed by atoms with E-state index in [0.717, 1.165) is 5.56 Å². The fourth-order valence-electron chi connectivity index (χ4n) is 2.11. The van der Waals surface area contributed by atoms with E-state index in [4.69, 9.17) is 9.47 Å². The first-order valence-corrected chi connectivity index (χ1v) is 6.99. The van der Waals surface area contributed by atoms with Crippen LogP contribution in [-0.2, 0) is 14.3 Å². The predicted octanol–water partition coefficient (Wildman–Crippen LogP) is 1.62. The van der Waals surface area contributed by atoms with E-state index >= 15 is 0 Å². The van der Waals surface area contributed by atoms with Gasteiger partial charge in [0.15, 0.2) is 6.61 Å². The number of benzene rings is 1. The van der Waals surface area contributed by atoms with Crippen molar-refractivity contribution in [2.45, 2.75) is 32.9 Å². The third-order valence-electron chi connectivity index (χ3n) is 3.28. The van der Waals surface area contributed by atoms with E-state index in [1.54, 1.807) is 13.0 Å². The lowest BCUT2D eigenvalue weighted by Gasteiger charge is -2.22. The monoisotopic (exact) mass is 292 g/mol. The normalized spacial score (nSPS) is 16.2. The zero-order chi connectivity index (χ0) is 15.4. The van der Waals surface area contributed by atoms with Gasteiger partial charge in [0.25, 0.3) is 5.91 Å². The number of fused-ring (bicyclic) bond motifs is 1. The van der Waals surface area contributed by atoms with Gasteiger partial charge in [-0.3, -0.25) is 9.59 Å². The highest BCUT2D eigenvalue weighted by molar-refractivity contribution is 5.95. The molecule has 1 aliphatic rings. The molecule has 2 N–H and O–H groups in total. The van der Waals surface area contributed by atoms with E-state index in [1.165, 1.54) is 0 Å². The summed E-state index contributed by atoms with van der Waals surface area (Å²) in [6.45, 7) is 5.96. The highest BCUT2D eigenvalue weighted by Gasteiger charge is 2.19. The Morgan fingerprint density at radius 3 is 2.95 bits per heavy atom. The van der Waals surface area contributed by atoms with Gasteiger partial charge in [0.1, 0.15) is 11.9 Å². The molecule has 1 aromatic rings. The van der Waals surface area contributed by atoms with Crippen molar-refractivity contribution in [3.05, 3.63) is 23.8 Å². The Hall–Kier alpha value is -2.08. The van der Waals surface area contributed by atoms with Gasteiger partial charge in [0.2, 0.25) is 5.91 Å². The van der Waals surface area contributed by atoms with Crippen LogP contribution in [0, 0.1) is 0 Å². The van der Waals surface area contributed by atoms with Crippen LogP contribution < -0.4 is 15.4 Å². The lowest BCUT2D eigenvalue weighted by atomic mass is 10.1. The molecule has 1 aliphatic heterocycles. The predicted molar refractivity (Wildman–Crippen MR) is 78.2 cm³/mol. The van der Waals surface area contributed by atoms with Crippen molar-refractivity contribution < 1.29 is 19.1 Å². The standard InChI is InChI=1S/C15H20N2O4/c1-4-20-10(3)15(19)16-9(2)11-5-6-13-12(7-11)17-14(18)8-21-13/h5-7,9-10H,4,8H2,1-3H3,(H,16,19)(H,17,18). The zero-order valence-corrected chi connectivity index (χ0v) is 12.4. The van der Waals surface area contributed by atoms with Crippen LogP contribution in [0.25, 0.3) is 0 Å². The van der Waals surface area contributed by atoms with E-state index in [9.17, 15) is 9.59 Å². The van der Waals surface area contributed by atoms with Crippen molar-refractivity contribution in [2.24, 2.45) is 0 Å². The molecule has 0 saturated carbocycles. The second-order valence-corrected chi connectivity index (χ2v) is 4.92. The van der Waals surface area contributed by atoms with E-state index < -0.39 is 6.10 Å². The summed E-state index contributed by atoms with van der Waals surface area (Å²) in [6, 6.07) is 5.28. The molecule has 0 radical (unpaired) electrons. The molecule has 0 aromatic heterocycles. The minimum Gasteiger partial charge on any atom is -0.482 e. The van der Waals surface area contributed by atoms with Gasteiger partial charge in [-0.25, -0.2) is 0 Å². The van der Waals surface area contributed by atoms with Crippen LogP contribution in [0.2, 0.25) is 0 Å². The minimum atomic E-state index is -0.488. The van der Waals surface area contributed by atoms with Gasteiger partial charge in [-0.2, -0.15) is 0 Å². The third-order valence-corrected chi connectivity index (χ3v) is 3.28. The van der Waals surface area contributed by atoms with Crippen LogP contribution in [0.5, 0.6) is 5.75 Å². The van der Waals surface area contributed by atoms with E-state index in [0.29, 0.717) is 18.0 Å². The molecular formula is C15H20N2O4. The molecule has 2 rings (SSSR count). The maximum atomic E-state index is 11.9. The van der Waals surface area contributed by atoms with Gasteiger partial charge in [-0.1, -0.05) is 6.07 Å². The Balaban J connectivity index is 2.06. The van der Waals surface area contributed by atoms with Crippen LogP contribution in [0.15, 0.2) is 18.2 Å². The highest BCUT2D eigenvalue weighted by Crippen LogP contribution is 2.30. The molecule has 0 bridgehead atoms. The first-order chi connectivity index (χ1) is 10.0. The molecule has 0 saturated heterocycles. The number of anilines is 1. The molecule has 1 heterocycles. The smallest absolute Gasteiger partial charge is 0.262 e. The molecule has 0 fully saturated rings. The lowest BCUT2D eigenvalue weighted by molar-refractivity contribution is -0.132. The SMILES string of the molecule is CCOC(C)C(=O)NC(C)c1ccc2c(c1)NC(=O)CO2. The van der Waals surface area contributed by atoms with Crippen molar-refractivity contribution in [3.63, 3.8) is 0 Å². The zero-order valence-electron chi connectivity index (χ0n) is 12.4. The number of carbonyl (C=O) groups is 2. The third kappa shape index (κ3) is 3.72. The van der Waals surface area contributed by atoms with Crippen LogP contribution >= 0.6 is 0 Å². The summed E-state index contributed by atoms with van der Waals surface area (Å²) in [5.74, 6) is 0.295. The van der Waals surface area contributed by atoms with Gasteiger partial charge in [0.05, 0.1) is 11.7 Å². The summed E-state index contributed by atoms with van der Waals surface area (Å²) >= 11 is 0. The molecule has 21 heavy (non-hydrogen) atoms. The van der Waals surface area contributed by atoms with Crippen LogP contribution in [0.3, 0.4) is 0 Å². The van der Waals surface area contributed by atoms with E-state index in [-0.39, 0.29) is 24.5 Å². The molecule has 2 unspecified atom stereocenters. The molecular weight excluding hydrogens is 272 g/mol. The Bertz CT molecular complexity index is 544. The van der Waals surface area contributed by atoms with E-state index in [1.807, 2.05) is 26.0 Å². The highest BCUT2D eigenvalue weighted by atomic mass is 16.5. The quantitative estimate of drug-likeness (QED) is 0.864. The fraction of sp³-hybridized carbons (Fsp3) is 0.467. The van der Waals surface area contributed by atoms with Crippen LogP contribution in [0.4, 0.5) is 5.69 Å². The van der Waals surface area contributed by atoms with Crippen molar-refractivity contribution in [1.29, 1.82) is 0 Å². The minimum absolute atomic E-state index is 0.0322. The second-order valence-electron chi connectivity index (χ2n) is 4.92. The number of hydrogen-bond donors (Lipinski definition) is 2. The Morgan fingerprint density at radius 2 is 2.24 bits per heavy atom. The van der Waals surface area contributed by atoms with Crippen molar-refractivity contribution in [1.82, 2.24) is 5.32 Å². The summed E-state index contributed by atoms with van der Waals surface area (Å²) < 4.78 is 10.6. The number of ether oxygens (including phenoxy) is 2. The number of amides is 2. The summed E-state index contributed by atoms with van der Waals surface area (Å²) in [4.78, 5) is 23.3. The summed E-state index contributed by atoms with van der Waals surface area (Å²) in [5, 5.41) is 5.63. The fourth-order valence-corrected chi connectivity index (χ4v) is 2.11. The Morgan fingerprint density at radius 1 is 1.48 bits per heavy atom. The lowest BCUT2D eigenvalue weighted by Crippen LogP contribution is -2.36. The average molecular weight is 292 g/mol. The summed E-state index contributed by atoms with van der Waals surface area (Å²) in [6.07, 6.45) is -0.488. The molecule has 0 aliphatic carbocycles. The second kappa shape index (κ2) is 6.58. The largest absolute Gasteiger partial charge is 0.482 e. The molecule has 0 spiro atoms. The summed E-state index contributed by atoms with van der Waals surface area (Å²) in [7, 11) is 0. The van der Waals surface area contributed by atoms with Crippen LogP contribution in [0.1, 0.15) is 32.4 Å². The maximum Gasteiger partial charge on any atom is 0.262 e. The molecule has 1 aromatic carbocycles. The first-order valence-electron chi connectivity index (χ1n) is 6.99. The number of nitrogens with one attached hydrogen (secondary N) is 2. The Labute approximate surface area is 123 Å². The van der Waals surface area contributed by atoms with Crippen LogP contribution in [-0.4, -0.2) is 31.1 Å². The molecule has 6 heteroatoms. The molecule has 114 valence electrons. The molecule has 6 nitrogen and oxygen atoms in total. The van der Waals surface area contributed by atoms with Crippen molar-refractivity contribution in [3.8, 4) is 5.75 Å². The molecule has 2 amide bonds. The van der Waals surface area contributed by atoms with Crippen molar-refractivity contribution in [2.75, 3.05) is 18.5 Å². The maximum absolute atomic E-state index is 11.9. The van der Waals surface area contributed by atoms with Crippen molar-refractivity contribution >= 4 is 17.5 Å². The Kier molecular flexibility index (Phi) is 4.80. The van der Waals surface area contributed by atoms with Gasteiger partial charge in [-0.15, -0.1) is 0 Å². The average Bonchev–Trinajstić information content (AvgIpc) is 2.46. The number of rotatable bonds is 5. The molecule has 2 atom stereocenters. The van der Waals surface area contributed by atoms with E-state index in [2.05, 4.69) is 10.6 Å². The number of carbonyl (C=O) groups excluding carboxylic acids is 2. The van der Waals surface area contributed by atoms with Gasteiger partial charge in [0, 0.05) is 6.61 Å².